The molecule has 2 aromatic rings. The molecule has 0 amide bonds. The van der Waals surface area contributed by atoms with Gasteiger partial charge >= 0.3 is 5.97 Å². The van der Waals surface area contributed by atoms with E-state index in [-0.39, 0.29) is 12.4 Å². The van der Waals surface area contributed by atoms with Gasteiger partial charge in [-0.05, 0) is 35.9 Å². The Morgan fingerprint density at radius 3 is 2.78 bits per heavy atom. The molecule has 0 saturated carbocycles. The van der Waals surface area contributed by atoms with Crippen LogP contribution in [0.5, 0.6) is 11.5 Å². The van der Waals surface area contributed by atoms with Gasteiger partial charge in [-0.1, -0.05) is 6.07 Å². The molecule has 1 aromatic carbocycles. The number of methoxy groups -OCH3 is 2. The number of furan rings is 1. The first-order valence-corrected chi connectivity index (χ1v) is 6.72. The van der Waals surface area contributed by atoms with Crippen molar-refractivity contribution >= 4 is 12.0 Å². The molecule has 1 heterocycles. The van der Waals surface area contributed by atoms with Crippen molar-refractivity contribution in [1.29, 1.82) is 5.26 Å². The zero-order valence-electron chi connectivity index (χ0n) is 12.7. The van der Waals surface area contributed by atoms with E-state index in [9.17, 15) is 4.79 Å². The average molecular weight is 313 g/mol. The Bertz CT molecular complexity index is 755. The van der Waals surface area contributed by atoms with Crippen molar-refractivity contribution in [2.24, 2.45) is 0 Å². The van der Waals surface area contributed by atoms with Gasteiger partial charge in [0, 0.05) is 6.08 Å². The van der Waals surface area contributed by atoms with E-state index >= 15 is 0 Å². The molecule has 6 heteroatoms. The van der Waals surface area contributed by atoms with Crippen LogP contribution in [0, 0.1) is 11.3 Å². The smallest absolute Gasteiger partial charge is 0.373 e. The summed E-state index contributed by atoms with van der Waals surface area (Å²) in [6, 6.07) is 10.4. The monoisotopic (exact) mass is 313 g/mol. The minimum atomic E-state index is -0.539. The molecule has 0 fully saturated rings. The van der Waals surface area contributed by atoms with Crippen molar-refractivity contribution in [3.05, 3.63) is 53.5 Å². The summed E-state index contributed by atoms with van der Waals surface area (Å²) in [4.78, 5) is 11.3. The zero-order chi connectivity index (χ0) is 16.7. The number of nitrogens with zero attached hydrogens (tertiary/aromatic N) is 1. The van der Waals surface area contributed by atoms with Gasteiger partial charge in [0.25, 0.3) is 0 Å². The number of hydrogen-bond donors (Lipinski definition) is 0. The molecule has 0 bridgehead atoms. The van der Waals surface area contributed by atoms with E-state index in [0.29, 0.717) is 17.3 Å². The van der Waals surface area contributed by atoms with E-state index in [2.05, 4.69) is 4.74 Å². The molecule has 0 unspecified atom stereocenters. The predicted octanol–water partition coefficient (Wildman–Crippen LogP) is 3.19. The lowest BCUT2D eigenvalue weighted by Crippen LogP contribution is -1.99. The Morgan fingerprint density at radius 2 is 2.09 bits per heavy atom. The van der Waals surface area contributed by atoms with Gasteiger partial charge in [0.05, 0.1) is 20.3 Å². The van der Waals surface area contributed by atoms with Crippen LogP contribution >= 0.6 is 0 Å². The first-order chi connectivity index (χ1) is 11.2. The highest BCUT2D eigenvalue weighted by atomic mass is 16.5. The summed E-state index contributed by atoms with van der Waals surface area (Å²) in [6.45, 7) is 0.140. The minimum Gasteiger partial charge on any atom is -0.493 e. The van der Waals surface area contributed by atoms with Gasteiger partial charge in [0.2, 0.25) is 5.76 Å². The van der Waals surface area contributed by atoms with Crippen molar-refractivity contribution in [2.45, 2.75) is 6.61 Å². The number of benzene rings is 1. The van der Waals surface area contributed by atoms with Crippen LogP contribution < -0.4 is 9.47 Å². The van der Waals surface area contributed by atoms with Crippen LogP contribution in [0.4, 0.5) is 0 Å². The fraction of sp³-hybridized carbons (Fsp3) is 0.176. The van der Waals surface area contributed by atoms with Crippen molar-refractivity contribution in [1.82, 2.24) is 0 Å². The molecule has 0 aliphatic carbocycles. The summed E-state index contributed by atoms with van der Waals surface area (Å²) in [7, 11) is 2.82. The molecular weight excluding hydrogens is 298 g/mol. The Balaban J connectivity index is 2.08. The molecule has 6 nitrogen and oxygen atoms in total. The van der Waals surface area contributed by atoms with Crippen molar-refractivity contribution < 1.29 is 23.4 Å². The van der Waals surface area contributed by atoms with E-state index in [4.69, 9.17) is 19.2 Å². The van der Waals surface area contributed by atoms with Crippen molar-refractivity contribution in [2.75, 3.05) is 14.2 Å². The molecule has 23 heavy (non-hydrogen) atoms. The highest BCUT2D eigenvalue weighted by Crippen LogP contribution is 2.29. The predicted molar refractivity (Wildman–Crippen MR) is 82.0 cm³/mol. The quantitative estimate of drug-likeness (QED) is 0.601. The van der Waals surface area contributed by atoms with Crippen LogP contribution in [0.3, 0.4) is 0 Å². The molecule has 0 aliphatic rings. The molecule has 1 aromatic heterocycles. The first kappa shape index (κ1) is 16.2. The maximum absolute atomic E-state index is 11.3. The van der Waals surface area contributed by atoms with Gasteiger partial charge in [-0.3, -0.25) is 0 Å². The van der Waals surface area contributed by atoms with Crippen molar-refractivity contribution in [3.63, 3.8) is 0 Å². The molecule has 0 atom stereocenters. The Hall–Kier alpha value is -3.20. The maximum Gasteiger partial charge on any atom is 0.373 e. The topological polar surface area (TPSA) is 81.7 Å². The van der Waals surface area contributed by atoms with E-state index in [1.54, 1.807) is 30.3 Å². The van der Waals surface area contributed by atoms with Crippen LogP contribution in [0.2, 0.25) is 0 Å². The van der Waals surface area contributed by atoms with E-state index in [0.717, 1.165) is 5.56 Å². The number of hydrogen-bond acceptors (Lipinski definition) is 6. The van der Waals surface area contributed by atoms with Crippen molar-refractivity contribution in [3.8, 4) is 17.6 Å². The fourth-order valence-corrected chi connectivity index (χ4v) is 1.86. The van der Waals surface area contributed by atoms with E-state index in [1.165, 1.54) is 26.4 Å². The van der Waals surface area contributed by atoms with E-state index < -0.39 is 5.97 Å². The van der Waals surface area contributed by atoms with Crippen LogP contribution in [-0.2, 0) is 11.3 Å². The normalized spacial score (nSPS) is 10.3. The minimum absolute atomic E-state index is 0.120. The number of carbonyl (C=O) groups excluding carboxylic acids is 1. The second-order valence-electron chi connectivity index (χ2n) is 4.42. The Kier molecular flexibility index (Phi) is 5.42. The lowest BCUT2D eigenvalue weighted by Gasteiger charge is -2.10. The largest absolute Gasteiger partial charge is 0.493 e. The number of allylic oxidation sites excluding steroid dienone is 1. The third kappa shape index (κ3) is 4.14. The Labute approximate surface area is 133 Å². The number of rotatable bonds is 6. The number of esters is 1. The van der Waals surface area contributed by atoms with Gasteiger partial charge in [-0.2, -0.15) is 5.26 Å². The molecule has 0 N–H and O–H groups in total. The van der Waals surface area contributed by atoms with E-state index in [1.807, 2.05) is 6.07 Å². The second-order valence-corrected chi connectivity index (χ2v) is 4.42. The van der Waals surface area contributed by atoms with Crippen LogP contribution in [0.25, 0.3) is 6.08 Å². The summed E-state index contributed by atoms with van der Waals surface area (Å²) >= 11 is 0. The van der Waals surface area contributed by atoms with Crippen LogP contribution in [0.1, 0.15) is 21.9 Å². The summed E-state index contributed by atoms with van der Waals surface area (Å²) < 4.78 is 20.8. The molecule has 0 aliphatic heterocycles. The lowest BCUT2D eigenvalue weighted by atomic mass is 10.2. The third-order valence-electron chi connectivity index (χ3n) is 2.96. The Morgan fingerprint density at radius 1 is 1.26 bits per heavy atom. The summed E-state index contributed by atoms with van der Waals surface area (Å²) in [5.41, 5.74) is 0.821. The second kappa shape index (κ2) is 7.71. The number of nitriles is 1. The average Bonchev–Trinajstić information content (AvgIpc) is 3.06. The lowest BCUT2D eigenvalue weighted by molar-refractivity contribution is 0.0561. The van der Waals surface area contributed by atoms with Crippen LogP contribution in [0.15, 0.2) is 40.8 Å². The van der Waals surface area contributed by atoms with Gasteiger partial charge in [0.15, 0.2) is 11.5 Å². The third-order valence-corrected chi connectivity index (χ3v) is 2.96. The highest BCUT2D eigenvalue weighted by Gasteiger charge is 2.12. The molecule has 0 spiro atoms. The first-order valence-electron chi connectivity index (χ1n) is 6.72. The fourth-order valence-electron chi connectivity index (χ4n) is 1.86. The SMILES string of the molecule is COC(=O)c1ccc(COc2ccc(C=CC#N)cc2OC)o1. The van der Waals surface area contributed by atoms with Gasteiger partial charge in [-0.15, -0.1) is 0 Å². The van der Waals surface area contributed by atoms with Crippen LogP contribution in [-0.4, -0.2) is 20.2 Å². The standard InChI is InChI=1S/C17H15NO5/c1-20-16-10-12(4-3-9-18)5-7-14(16)22-11-13-6-8-15(23-13)17(19)21-2/h3-8,10H,11H2,1-2H3. The molecule has 118 valence electrons. The summed E-state index contributed by atoms with van der Waals surface area (Å²) in [5.74, 6) is 1.13. The summed E-state index contributed by atoms with van der Waals surface area (Å²) in [6.07, 6.45) is 3.05. The van der Waals surface area contributed by atoms with Gasteiger partial charge in [-0.25, -0.2) is 4.79 Å². The zero-order valence-corrected chi connectivity index (χ0v) is 12.7. The number of ether oxygens (including phenoxy) is 3. The molecule has 0 saturated heterocycles. The highest BCUT2D eigenvalue weighted by molar-refractivity contribution is 5.86. The molecule has 2 rings (SSSR count). The maximum atomic E-state index is 11.3. The van der Waals surface area contributed by atoms with Gasteiger partial charge in [0.1, 0.15) is 12.4 Å². The number of carbonyl (C=O) groups is 1. The van der Waals surface area contributed by atoms with Gasteiger partial charge < -0.3 is 18.6 Å². The summed E-state index contributed by atoms with van der Waals surface area (Å²) in [5, 5.41) is 8.54. The molecular formula is C17H15NO5. The molecule has 0 radical (unpaired) electrons.